The summed E-state index contributed by atoms with van der Waals surface area (Å²) in [5.41, 5.74) is 9.12. The van der Waals surface area contributed by atoms with E-state index in [1.54, 1.807) is 12.1 Å². The molecule has 4 rings (SSSR count). The van der Waals surface area contributed by atoms with E-state index in [2.05, 4.69) is 38.3 Å². The van der Waals surface area contributed by atoms with Gasteiger partial charge in [0, 0.05) is 23.8 Å². The summed E-state index contributed by atoms with van der Waals surface area (Å²) in [6.07, 6.45) is 3.87. The monoisotopic (exact) mass is 485 g/mol. The zero-order valence-corrected chi connectivity index (χ0v) is 20.7. The molecular formula is C24H32ClN7O2. The number of nitrogens with one attached hydrogen (secondary N) is 2. The highest BCUT2D eigenvalue weighted by Crippen LogP contribution is 2.34. The summed E-state index contributed by atoms with van der Waals surface area (Å²) < 4.78 is 1.92. The third-order valence-electron chi connectivity index (χ3n) is 6.17. The second-order valence-electron chi connectivity index (χ2n) is 9.55. The summed E-state index contributed by atoms with van der Waals surface area (Å²) in [6.45, 7) is 8.30. The molecule has 0 unspecified atom stereocenters. The number of fused-ring (bicyclic) bond motifs is 1. The third kappa shape index (κ3) is 4.95. The Labute approximate surface area is 204 Å². The standard InChI is InChI=1S/C24H32ClN7O2/c1-12(2)19-20-21(32(31-19)13(3)4)22(27-16-9-10-18(25)17(11-16)23(33)34)30-24(29-20)28-15-7-5-14(26)6-8-15/h9-15H,5-8,26H2,1-4H3,(H,33,34)(H2,27,28,29,30). The van der Waals surface area contributed by atoms with Gasteiger partial charge in [-0.2, -0.15) is 10.1 Å². The van der Waals surface area contributed by atoms with Gasteiger partial charge in [0.15, 0.2) is 5.82 Å². The average molecular weight is 486 g/mol. The predicted molar refractivity (Wildman–Crippen MR) is 135 cm³/mol. The molecule has 1 fully saturated rings. The van der Waals surface area contributed by atoms with Gasteiger partial charge in [-0.3, -0.25) is 4.68 Å². The quantitative estimate of drug-likeness (QED) is 0.354. The molecule has 3 aromatic rings. The highest BCUT2D eigenvalue weighted by molar-refractivity contribution is 6.33. The molecule has 2 aromatic heterocycles. The fourth-order valence-electron chi connectivity index (χ4n) is 4.33. The topological polar surface area (TPSA) is 131 Å². The van der Waals surface area contributed by atoms with E-state index in [4.69, 9.17) is 32.4 Å². The van der Waals surface area contributed by atoms with Gasteiger partial charge in [0.2, 0.25) is 5.95 Å². The van der Waals surface area contributed by atoms with Crippen LogP contribution in [0.5, 0.6) is 0 Å². The number of hydrogen-bond acceptors (Lipinski definition) is 7. The van der Waals surface area contributed by atoms with Crippen molar-refractivity contribution < 1.29 is 9.90 Å². The Bertz CT molecular complexity index is 1200. The van der Waals surface area contributed by atoms with Gasteiger partial charge in [0.1, 0.15) is 11.0 Å². The molecule has 1 aromatic carbocycles. The smallest absolute Gasteiger partial charge is 0.337 e. The lowest BCUT2D eigenvalue weighted by Crippen LogP contribution is -2.33. The van der Waals surface area contributed by atoms with Gasteiger partial charge in [0.25, 0.3) is 0 Å². The summed E-state index contributed by atoms with van der Waals surface area (Å²) >= 11 is 6.07. The van der Waals surface area contributed by atoms with Crippen LogP contribution in [0.3, 0.4) is 0 Å². The third-order valence-corrected chi connectivity index (χ3v) is 6.50. The number of rotatable bonds is 7. The molecule has 0 aliphatic heterocycles. The molecule has 1 saturated carbocycles. The zero-order valence-electron chi connectivity index (χ0n) is 20.0. The van der Waals surface area contributed by atoms with Crippen LogP contribution in [0.15, 0.2) is 18.2 Å². The van der Waals surface area contributed by atoms with E-state index in [1.165, 1.54) is 6.07 Å². The van der Waals surface area contributed by atoms with Crippen molar-refractivity contribution >= 4 is 46.1 Å². The van der Waals surface area contributed by atoms with Crippen LogP contribution in [0.1, 0.15) is 81.4 Å². The normalized spacial score (nSPS) is 18.6. The molecule has 0 atom stereocenters. The molecule has 1 aliphatic rings. The van der Waals surface area contributed by atoms with Crippen LogP contribution in [-0.4, -0.2) is 42.9 Å². The minimum Gasteiger partial charge on any atom is -0.478 e. The Morgan fingerprint density at radius 2 is 1.88 bits per heavy atom. The van der Waals surface area contributed by atoms with Crippen LogP contribution in [-0.2, 0) is 0 Å². The second kappa shape index (κ2) is 9.76. The predicted octanol–water partition coefficient (Wildman–Crippen LogP) is 5.31. The Kier molecular flexibility index (Phi) is 6.95. The van der Waals surface area contributed by atoms with Gasteiger partial charge in [0.05, 0.1) is 16.3 Å². The van der Waals surface area contributed by atoms with Gasteiger partial charge >= 0.3 is 5.97 Å². The molecule has 182 valence electrons. The van der Waals surface area contributed by atoms with Crippen LogP contribution in [0.2, 0.25) is 5.02 Å². The number of nitrogens with two attached hydrogens (primary N) is 1. The lowest BCUT2D eigenvalue weighted by molar-refractivity contribution is 0.0697. The van der Waals surface area contributed by atoms with Crippen molar-refractivity contribution in [2.75, 3.05) is 10.6 Å². The lowest BCUT2D eigenvalue weighted by Gasteiger charge is -2.27. The number of carbonyl (C=O) groups is 1. The minimum atomic E-state index is -1.09. The van der Waals surface area contributed by atoms with Gasteiger partial charge in [-0.1, -0.05) is 25.4 Å². The highest BCUT2D eigenvalue weighted by atomic mass is 35.5. The van der Waals surface area contributed by atoms with Crippen molar-refractivity contribution in [1.29, 1.82) is 0 Å². The summed E-state index contributed by atoms with van der Waals surface area (Å²) in [6, 6.07) is 5.39. The number of aromatic nitrogens is 4. The number of anilines is 3. The van der Waals surface area contributed by atoms with Crippen molar-refractivity contribution in [2.45, 2.75) is 77.4 Å². The molecule has 10 heteroatoms. The summed E-state index contributed by atoms with van der Waals surface area (Å²) in [7, 11) is 0. The maximum atomic E-state index is 11.6. The van der Waals surface area contributed by atoms with Crippen molar-refractivity contribution in [2.24, 2.45) is 5.73 Å². The minimum absolute atomic E-state index is 0.0223. The fourth-order valence-corrected chi connectivity index (χ4v) is 4.53. The first-order chi connectivity index (χ1) is 16.1. The van der Waals surface area contributed by atoms with Gasteiger partial charge < -0.3 is 21.5 Å². The van der Waals surface area contributed by atoms with Crippen LogP contribution >= 0.6 is 11.6 Å². The first-order valence-corrected chi connectivity index (χ1v) is 12.1. The largest absolute Gasteiger partial charge is 0.478 e. The molecule has 0 spiro atoms. The SMILES string of the molecule is CC(C)c1nn(C(C)C)c2c(Nc3ccc(Cl)c(C(=O)O)c3)nc(NC3CCC(N)CC3)nc12. The second-order valence-corrected chi connectivity index (χ2v) is 9.96. The number of carboxylic acid groups (broad SMARTS) is 1. The maximum Gasteiger partial charge on any atom is 0.337 e. The van der Waals surface area contributed by atoms with Crippen LogP contribution in [0.4, 0.5) is 17.5 Å². The highest BCUT2D eigenvalue weighted by Gasteiger charge is 2.24. The van der Waals surface area contributed by atoms with E-state index in [9.17, 15) is 9.90 Å². The summed E-state index contributed by atoms with van der Waals surface area (Å²) in [4.78, 5) is 21.3. The molecule has 2 heterocycles. The molecule has 0 bridgehead atoms. The molecule has 9 nitrogen and oxygen atoms in total. The molecule has 0 amide bonds. The number of nitrogens with zero attached hydrogens (tertiary/aromatic N) is 4. The summed E-state index contributed by atoms with van der Waals surface area (Å²) in [5, 5.41) is 21.3. The van der Waals surface area contributed by atoms with Crippen molar-refractivity contribution in [3.05, 3.63) is 34.5 Å². The van der Waals surface area contributed by atoms with E-state index in [0.29, 0.717) is 17.5 Å². The summed E-state index contributed by atoms with van der Waals surface area (Å²) in [5.74, 6) is 0.161. The zero-order chi connectivity index (χ0) is 24.6. The number of hydrogen-bond donors (Lipinski definition) is 4. The van der Waals surface area contributed by atoms with E-state index >= 15 is 0 Å². The number of carboxylic acids is 1. The molecule has 0 radical (unpaired) electrons. The Morgan fingerprint density at radius 1 is 1.18 bits per heavy atom. The Morgan fingerprint density at radius 3 is 2.50 bits per heavy atom. The van der Waals surface area contributed by atoms with Gasteiger partial charge in [-0.15, -0.1) is 0 Å². The fraction of sp³-hybridized carbons (Fsp3) is 0.500. The van der Waals surface area contributed by atoms with Gasteiger partial charge in [-0.25, -0.2) is 9.78 Å². The maximum absolute atomic E-state index is 11.6. The molecule has 34 heavy (non-hydrogen) atoms. The van der Waals surface area contributed by atoms with Crippen LogP contribution < -0.4 is 16.4 Å². The van der Waals surface area contributed by atoms with E-state index in [-0.39, 0.29) is 34.6 Å². The van der Waals surface area contributed by atoms with E-state index in [1.807, 2.05) is 4.68 Å². The Balaban J connectivity index is 1.82. The first-order valence-electron chi connectivity index (χ1n) is 11.8. The lowest BCUT2D eigenvalue weighted by atomic mass is 9.92. The molecule has 5 N–H and O–H groups in total. The van der Waals surface area contributed by atoms with Crippen LogP contribution in [0.25, 0.3) is 11.0 Å². The molecule has 0 saturated heterocycles. The Hall–Kier alpha value is -2.91. The van der Waals surface area contributed by atoms with E-state index in [0.717, 1.165) is 42.4 Å². The number of halogens is 1. The van der Waals surface area contributed by atoms with Crippen LogP contribution in [0, 0.1) is 0 Å². The molecule has 1 aliphatic carbocycles. The number of benzene rings is 1. The number of aromatic carboxylic acids is 1. The molecular weight excluding hydrogens is 454 g/mol. The van der Waals surface area contributed by atoms with Crippen molar-refractivity contribution in [3.8, 4) is 0 Å². The van der Waals surface area contributed by atoms with Gasteiger partial charge in [-0.05, 0) is 63.6 Å². The van der Waals surface area contributed by atoms with Crippen molar-refractivity contribution in [1.82, 2.24) is 19.7 Å². The van der Waals surface area contributed by atoms with E-state index < -0.39 is 5.97 Å². The first kappa shape index (κ1) is 24.2. The van der Waals surface area contributed by atoms with Crippen molar-refractivity contribution in [3.63, 3.8) is 0 Å². The average Bonchev–Trinajstić information content (AvgIpc) is 3.17.